The fourth-order valence-electron chi connectivity index (χ4n) is 4.83. The number of methoxy groups -OCH3 is 2. The monoisotopic (exact) mass is 400 g/mol. The zero-order chi connectivity index (χ0) is 20.4. The lowest BCUT2D eigenvalue weighted by Crippen LogP contribution is -2.45. The molecule has 0 bridgehead atoms. The standard InChI is InChI=1S/C23H32N2O4/c1-16(25-9-6-4-5-7-10-25)14-24-11-8-17-18-12-21(27-2)22(28-3)13-20(18)29-23(26)19(17)15-24/h12-13,16H,4-11,14-15H2,1-3H3. The van der Waals surface area contributed by atoms with Crippen LogP contribution in [0, 0.1) is 0 Å². The van der Waals surface area contributed by atoms with Gasteiger partial charge in [-0.1, -0.05) is 12.8 Å². The highest BCUT2D eigenvalue weighted by Gasteiger charge is 2.26. The maximum atomic E-state index is 12.7. The molecule has 1 fully saturated rings. The number of hydrogen-bond donors (Lipinski definition) is 0. The van der Waals surface area contributed by atoms with Crippen molar-refractivity contribution >= 4 is 11.0 Å². The minimum Gasteiger partial charge on any atom is -0.493 e. The third kappa shape index (κ3) is 4.14. The first-order valence-electron chi connectivity index (χ1n) is 10.8. The predicted molar refractivity (Wildman–Crippen MR) is 114 cm³/mol. The van der Waals surface area contributed by atoms with E-state index in [2.05, 4.69) is 16.7 Å². The summed E-state index contributed by atoms with van der Waals surface area (Å²) in [4.78, 5) is 17.8. The Morgan fingerprint density at radius 1 is 1.00 bits per heavy atom. The third-order valence-corrected chi connectivity index (χ3v) is 6.47. The van der Waals surface area contributed by atoms with Gasteiger partial charge in [-0.25, -0.2) is 4.79 Å². The number of likely N-dealkylation sites (tertiary alicyclic amines) is 1. The second kappa shape index (κ2) is 8.76. The normalized spacial score (nSPS) is 19.6. The molecule has 1 saturated heterocycles. The predicted octanol–water partition coefficient (Wildman–Crippen LogP) is 3.43. The molecular weight excluding hydrogens is 368 g/mol. The Morgan fingerprint density at radius 2 is 1.69 bits per heavy atom. The fraction of sp³-hybridized carbons (Fsp3) is 0.609. The Hall–Kier alpha value is -2.05. The number of ether oxygens (including phenoxy) is 2. The summed E-state index contributed by atoms with van der Waals surface area (Å²) in [6.45, 7) is 7.31. The van der Waals surface area contributed by atoms with Gasteiger partial charge in [0.2, 0.25) is 0 Å². The van der Waals surface area contributed by atoms with E-state index in [1.165, 1.54) is 38.8 Å². The molecule has 1 aromatic heterocycles. The largest absolute Gasteiger partial charge is 0.493 e. The summed E-state index contributed by atoms with van der Waals surface area (Å²) >= 11 is 0. The molecule has 6 nitrogen and oxygen atoms in total. The first-order chi connectivity index (χ1) is 14.1. The maximum Gasteiger partial charge on any atom is 0.341 e. The Labute approximate surface area is 172 Å². The zero-order valence-electron chi connectivity index (χ0n) is 17.8. The molecule has 1 atom stereocenters. The van der Waals surface area contributed by atoms with E-state index in [4.69, 9.17) is 13.9 Å². The van der Waals surface area contributed by atoms with Gasteiger partial charge >= 0.3 is 5.63 Å². The lowest BCUT2D eigenvalue weighted by Gasteiger charge is -2.35. The van der Waals surface area contributed by atoms with Crippen molar-refractivity contribution in [2.75, 3.05) is 40.4 Å². The first-order valence-corrected chi connectivity index (χ1v) is 10.8. The van der Waals surface area contributed by atoms with Crippen LogP contribution in [-0.4, -0.2) is 56.2 Å². The molecular formula is C23H32N2O4. The van der Waals surface area contributed by atoms with E-state index in [1.54, 1.807) is 20.3 Å². The van der Waals surface area contributed by atoms with Crippen molar-refractivity contribution in [3.8, 4) is 11.5 Å². The van der Waals surface area contributed by atoms with Crippen LogP contribution in [0.3, 0.4) is 0 Å². The molecule has 29 heavy (non-hydrogen) atoms. The highest BCUT2D eigenvalue weighted by Crippen LogP contribution is 2.35. The minimum absolute atomic E-state index is 0.230. The quantitative estimate of drug-likeness (QED) is 0.717. The summed E-state index contributed by atoms with van der Waals surface area (Å²) in [5, 5.41) is 0.956. The van der Waals surface area contributed by atoms with Crippen LogP contribution in [0.5, 0.6) is 11.5 Å². The van der Waals surface area contributed by atoms with E-state index in [0.29, 0.717) is 29.7 Å². The van der Waals surface area contributed by atoms with Crippen molar-refractivity contribution in [1.82, 2.24) is 9.80 Å². The van der Waals surface area contributed by atoms with Gasteiger partial charge < -0.3 is 13.9 Å². The van der Waals surface area contributed by atoms with Crippen molar-refractivity contribution in [2.24, 2.45) is 0 Å². The molecule has 158 valence electrons. The summed E-state index contributed by atoms with van der Waals surface area (Å²) in [6.07, 6.45) is 6.15. The molecule has 0 N–H and O–H groups in total. The van der Waals surface area contributed by atoms with Crippen LogP contribution < -0.4 is 15.1 Å². The first kappa shape index (κ1) is 20.2. The number of nitrogens with zero attached hydrogens (tertiary/aromatic N) is 2. The van der Waals surface area contributed by atoms with Crippen molar-refractivity contribution in [1.29, 1.82) is 0 Å². The van der Waals surface area contributed by atoms with Gasteiger partial charge in [0.15, 0.2) is 11.5 Å². The van der Waals surface area contributed by atoms with Crippen LogP contribution in [0.1, 0.15) is 43.7 Å². The summed E-state index contributed by atoms with van der Waals surface area (Å²) in [5.74, 6) is 1.24. The molecule has 0 aliphatic carbocycles. The second-order valence-corrected chi connectivity index (χ2v) is 8.33. The molecule has 2 aliphatic rings. The van der Waals surface area contributed by atoms with Gasteiger partial charge in [0.05, 0.1) is 19.8 Å². The number of fused-ring (bicyclic) bond motifs is 3. The molecule has 0 saturated carbocycles. The van der Waals surface area contributed by atoms with Crippen LogP contribution in [0.2, 0.25) is 0 Å². The van der Waals surface area contributed by atoms with Crippen molar-refractivity contribution in [3.05, 3.63) is 33.7 Å². The van der Waals surface area contributed by atoms with Gasteiger partial charge in [-0.15, -0.1) is 0 Å². The van der Waals surface area contributed by atoms with Gasteiger partial charge in [0.25, 0.3) is 0 Å². The highest BCUT2D eigenvalue weighted by atomic mass is 16.5. The average Bonchev–Trinajstić information content (AvgIpc) is 3.03. The molecule has 1 aromatic carbocycles. The molecule has 0 spiro atoms. The molecule has 4 rings (SSSR count). The van der Waals surface area contributed by atoms with Crippen molar-refractivity contribution in [2.45, 2.75) is 51.6 Å². The summed E-state index contributed by atoms with van der Waals surface area (Å²) in [7, 11) is 3.21. The SMILES string of the molecule is COc1cc2oc(=O)c3c(c2cc1OC)CCN(CC(C)N1CCCCCC1)C3. The van der Waals surface area contributed by atoms with E-state index in [9.17, 15) is 4.79 Å². The Morgan fingerprint density at radius 3 is 2.38 bits per heavy atom. The summed E-state index contributed by atoms with van der Waals surface area (Å²) in [5.41, 5.74) is 2.22. The Balaban J connectivity index is 1.57. The Bertz CT molecular complexity index is 915. The van der Waals surface area contributed by atoms with Crippen LogP contribution in [-0.2, 0) is 13.0 Å². The van der Waals surface area contributed by atoms with Crippen LogP contribution in [0.15, 0.2) is 21.3 Å². The van der Waals surface area contributed by atoms with E-state index >= 15 is 0 Å². The van der Waals surface area contributed by atoms with E-state index in [0.717, 1.165) is 36.0 Å². The maximum absolute atomic E-state index is 12.7. The minimum atomic E-state index is -0.230. The molecule has 0 radical (unpaired) electrons. The topological polar surface area (TPSA) is 55.2 Å². The fourth-order valence-corrected chi connectivity index (χ4v) is 4.83. The molecule has 2 aliphatic heterocycles. The second-order valence-electron chi connectivity index (χ2n) is 8.33. The van der Waals surface area contributed by atoms with Crippen molar-refractivity contribution in [3.63, 3.8) is 0 Å². The summed E-state index contributed by atoms with van der Waals surface area (Å²) < 4.78 is 16.5. The number of hydrogen-bond acceptors (Lipinski definition) is 6. The van der Waals surface area contributed by atoms with Gasteiger partial charge in [-0.2, -0.15) is 0 Å². The van der Waals surface area contributed by atoms with E-state index < -0.39 is 0 Å². The van der Waals surface area contributed by atoms with Gasteiger partial charge in [0.1, 0.15) is 5.58 Å². The van der Waals surface area contributed by atoms with E-state index in [-0.39, 0.29) is 5.63 Å². The Kier molecular flexibility index (Phi) is 6.11. The summed E-state index contributed by atoms with van der Waals surface area (Å²) in [6, 6.07) is 4.20. The van der Waals surface area contributed by atoms with Crippen molar-refractivity contribution < 1.29 is 13.9 Å². The van der Waals surface area contributed by atoms with Crippen LogP contribution in [0.4, 0.5) is 0 Å². The highest BCUT2D eigenvalue weighted by molar-refractivity contribution is 5.85. The lowest BCUT2D eigenvalue weighted by molar-refractivity contribution is 0.142. The van der Waals surface area contributed by atoms with Gasteiger partial charge in [-0.05, 0) is 50.9 Å². The number of benzene rings is 1. The zero-order valence-corrected chi connectivity index (χ0v) is 17.8. The molecule has 2 aromatic rings. The number of rotatable bonds is 5. The van der Waals surface area contributed by atoms with E-state index in [1.807, 2.05) is 6.07 Å². The molecule has 3 heterocycles. The smallest absolute Gasteiger partial charge is 0.341 e. The molecule has 0 amide bonds. The van der Waals surface area contributed by atoms with Crippen LogP contribution in [0.25, 0.3) is 11.0 Å². The molecule has 6 heteroatoms. The molecule has 1 unspecified atom stereocenters. The average molecular weight is 401 g/mol. The third-order valence-electron chi connectivity index (χ3n) is 6.47. The van der Waals surface area contributed by atoms with Gasteiger partial charge in [-0.3, -0.25) is 9.80 Å². The van der Waals surface area contributed by atoms with Crippen LogP contribution >= 0.6 is 0 Å². The lowest BCUT2D eigenvalue weighted by atomic mass is 9.97. The van der Waals surface area contributed by atoms with Gasteiger partial charge in [0, 0.05) is 37.1 Å².